The molecular weight excluding hydrogens is 562 g/mol. The first kappa shape index (κ1) is 32.0. The number of benzene rings is 3. The van der Waals surface area contributed by atoms with Gasteiger partial charge in [0.15, 0.2) is 0 Å². The average molecular weight is 602 g/mol. The highest BCUT2D eigenvalue weighted by Crippen LogP contribution is 2.45. The second-order valence-electron chi connectivity index (χ2n) is 11.1. The number of amides is 5. The molecule has 0 aromatic heterocycles. The lowest BCUT2D eigenvalue weighted by Crippen LogP contribution is -2.56. The molecule has 3 aromatic carbocycles. The molecule has 0 aliphatic heterocycles. The van der Waals surface area contributed by atoms with E-state index in [1.807, 2.05) is 48.5 Å². The van der Waals surface area contributed by atoms with Crippen molar-refractivity contribution in [1.29, 1.82) is 0 Å². The number of carbonyl (C=O) groups is 4. The summed E-state index contributed by atoms with van der Waals surface area (Å²) in [5, 5.41) is 28.1. The fourth-order valence-electron chi connectivity index (χ4n) is 5.81. The number of nitrogens with one attached hydrogen (secondary N) is 3. The third-order valence-electron chi connectivity index (χ3n) is 7.87. The molecule has 0 saturated carbocycles. The van der Waals surface area contributed by atoms with Gasteiger partial charge in [-0.15, -0.1) is 0 Å². The summed E-state index contributed by atoms with van der Waals surface area (Å²) in [6, 6.07) is 19.6. The van der Waals surface area contributed by atoms with Gasteiger partial charge in [0.25, 0.3) is 0 Å². The predicted molar refractivity (Wildman–Crippen MR) is 167 cm³/mol. The van der Waals surface area contributed by atoms with Crippen molar-refractivity contribution < 1.29 is 29.4 Å². The van der Waals surface area contributed by atoms with Crippen molar-refractivity contribution in [2.24, 2.45) is 11.7 Å². The third kappa shape index (κ3) is 7.35. The number of aliphatic hydroxyl groups is 1. The third-order valence-corrected chi connectivity index (χ3v) is 7.87. The van der Waals surface area contributed by atoms with Crippen molar-refractivity contribution in [2.75, 3.05) is 18.4 Å². The van der Waals surface area contributed by atoms with Crippen LogP contribution in [0.1, 0.15) is 49.3 Å². The fraction of sp³-hybridized carbons (Fsp3) is 0.333. The van der Waals surface area contributed by atoms with Crippen LogP contribution in [0.3, 0.4) is 0 Å². The van der Waals surface area contributed by atoms with Gasteiger partial charge in [0.2, 0.25) is 11.8 Å². The second-order valence-corrected chi connectivity index (χ2v) is 11.1. The van der Waals surface area contributed by atoms with Gasteiger partial charge in [-0.3, -0.25) is 14.5 Å². The van der Waals surface area contributed by atoms with Crippen LogP contribution >= 0.6 is 0 Å². The van der Waals surface area contributed by atoms with Crippen LogP contribution in [0.4, 0.5) is 15.3 Å². The molecule has 0 saturated heterocycles. The molecule has 4 rings (SSSR count). The summed E-state index contributed by atoms with van der Waals surface area (Å²) in [4.78, 5) is 52.4. The topological polar surface area (TPSA) is 174 Å². The van der Waals surface area contributed by atoms with E-state index in [-0.39, 0.29) is 32.0 Å². The first-order chi connectivity index (χ1) is 21.1. The first-order valence-corrected chi connectivity index (χ1v) is 14.6. The van der Waals surface area contributed by atoms with Crippen molar-refractivity contribution >= 4 is 29.6 Å². The maximum Gasteiger partial charge on any atom is 0.408 e. The van der Waals surface area contributed by atoms with E-state index in [1.54, 1.807) is 38.1 Å². The summed E-state index contributed by atoms with van der Waals surface area (Å²) in [7, 11) is 0. The molecule has 11 heteroatoms. The normalized spacial score (nSPS) is 13.4. The molecule has 0 spiro atoms. The van der Waals surface area contributed by atoms with Crippen LogP contribution in [0.25, 0.3) is 11.1 Å². The van der Waals surface area contributed by atoms with Gasteiger partial charge in [-0.2, -0.15) is 0 Å². The summed E-state index contributed by atoms with van der Waals surface area (Å²) >= 11 is 0. The van der Waals surface area contributed by atoms with E-state index in [1.165, 1.54) is 0 Å². The molecular formula is C33H39N5O6. The van der Waals surface area contributed by atoms with E-state index < -0.39 is 41.9 Å². The zero-order valence-corrected chi connectivity index (χ0v) is 24.8. The lowest BCUT2D eigenvalue weighted by Gasteiger charge is -2.34. The van der Waals surface area contributed by atoms with Gasteiger partial charge in [0.1, 0.15) is 12.1 Å². The minimum absolute atomic E-state index is 0.0445. The average Bonchev–Trinajstić information content (AvgIpc) is 3.31. The smallest absolute Gasteiger partial charge is 0.408 e. The number of primary amides is 1. The Morgan fingerprint density at radius 2 is 1.48 bits per heavy atom. The molecule has 1 aliphatic rings. The van der Waals surface area contributed by atoms with Crippen LogP contribution in [0.15, 0.2) is 72.8 Å². The zero-order chi connectivity index (χ0) is 31.8. The minimum Gasteiger partial charge on any atom is -0.465 e. The van der Waals surface area contributed by atoms with E-state index in [9.17, 15) is 29.4 Å². The molecule has 5 amide bonds. The highest BCUT2D eigenvalue weighted by atomic mass is 16.4. The van der Waals surface area contributed by atoms with E-state index in [2.05, 4.69) is 16.0 Å². The molecule has 3 aromatic rings. The van der Waals surface area contributed by atoms with Gasteiger partial charge in [-0.1, -0.05) is 80.6 Å². The number of anilines is 1. The van der Waals surface area contributed by atoms with Gasteiger partial charge in [-0.25, -0.2) is 9.59 Å². The Labute approximate surface area is 256 Å². The van der Waals surface area contributed by atoms with E-state index in [0.717, 1.165) is 27.2 Å². The van der Waals surface area contributed by atoms with E-state index in [4.69, 9.17) is 5.73 Å². The highest BCUT2D eigenvalue weighted by Gasteiger charge is 2.38. The van der Waals surface area contributed by atoms with E-state index in [0.29, 0.717) is 17.7 Å². The summed E-state index contributed by atoms with van der Waals surface area (Å²) < 4.78 is 0. The molecule has 232 valence electrons. The van der Waals surface area contributed by atoms with Crippen molar-refractivity contribution in [3.63, 3.8) is 0 Å². The molecule has 2 atom stereocenters. The Bertz CT molecular complexity index is 1460. The maximum atomic E-state index is 13.9. The summed E-state index contributed by atoms with van der Waals surface area (Å²) in [6.07, 6.45) is -0.794. The van der Waals surface area contributed by atoms with Gasteiger partial charge in [0.05, 0.1) is 6.61 Å². The second kappa shape index (κ2) is 14.5. The number of carbonyl (C=O) groups excluding carboxylic acids is 3. The first-order valence-electron chi connectivity index (χ1n) is 14.6. The Morgan fingerprint density at radius 3 is 2.05 bits per heavy atom. The number of hydrogen-bond acceptors (Lipinski definition) is 5. The molecule has 7 N–H and O–H groups in total. The minimum atomic E-state index is -1.25. The van der Waals surface area contributed by atoms with Crippen molar-refractivity contribution in [1.82, 2.24) is 15.5 Å². The SMILES string of the molecule is CC(C)C(C(=O)NC(CCCNC(N)=O)C(=O)Nc1ccccc1CO)N(CC1c2ccccc2-c2ccccc21)C(=O)O. The molecule has 44 heavy (non-hydrogen) atoms. The molecule has 0 heterocycles. The Balaban J connectivity index is 1.59. The number of hydrogen-bond donors (Lipinski definition) is 6. The molecule has 0 radical (unpaired) electrons. The van der Waals surface area contributed by atoms with Crippen molar-refractivity contribution in [3.05, 3.63) is 89.5 Å². The fourth-order valence-corrected chi connectivity index (χ4v) is 5.81. The maximum absolute atomic E-state index is 13.9. The number of nitrogens with zero attached hydrogens (tertiary/aromatic N) is 1. The Hall–Kier alpha value is -4.90. The number of aliphatic hydroxyl groups excluding tert-OH is 1. The van der Waals surface area contributed by atoms with Gasteiger partial charge >= 0.3 is 12.1 Å². The number of nitrogens with two attached hydrogens (primary N) is 1. The quantitative estimate of drug-likeness (QED) is 0.162. The molecule has 2 unspecified atom stereocenters. The number of para-hydroxylation sites is 1. The van der Waals surface area contributed by atoms with Gasteiger partial charge < -0.3 is 31.9 Å². The number of rotatable bonds is 13. The predicted octanol–water partition coefficient (Wildman–Crippen LogP) is 3.87. The van der Waals surface area contributed by atoms with Gasteiger partial charge in [-0.05, 0) is 47.1 Å². The molecule has 11 nitrogen and oxygen atoms in total. The Morgan fingerprint density at radius 1 is 0.886 bits per heavy atom. The number of urea groups is 1. The lowest BCUT2D eigenvalue weighted by atomic mass is 9.93. The molecule has 0 bridgehead atoms. The van der Waals surface area contributed by atoms with Crippen molar-refractivity contribution in [2.45, 2.75) is 51.3 Å². The Kier molecular flexibility index (Phi) is 10.6. The van der Waals surface area contributed by atoms with Crippen LogP contribution in [0.2, 0.25) is 0 Å². The number of carboxylic acid groups (broad SMARTS) is 1. The summed E-state index contributed by atoms with van der Waals surface area (Å²) in [5.41, 5.74) is 10.1. The van der Waals surface area contributed by atoms with Crippen LogP contribution < -0.4 is 21.7 Å². The van der Waals surface area contributed by atoms with Gasteiger partial charge in [0, 0.05) is 30.3 Å². The number of fused-ring (bicyclic) bond motifs is 3. The summed E-state index contributed by atoms with van der Waals surface area (Å²) in [6.45, 7) is 3.45. The molecule has 0 fully saturated rings. The lowest BCUT2D eigenvalue weighted by molar-refractivity contribution is -0.131. The van der Waals surface area contributed by atoms with E-state index >= 15 is 0 Å². The zero-order valence-electron chi connectivity index (χ0n) is 24.8. The molecule has 1 aliphatic carbocycles. The van der Waals surface area contributed by atoms with Crippen LogP contribution in [0.5, 0.6) is 0 Å². The standard InChI is InChI=1S/C33H39N5O6/c1-20(2)29(38(33(43)44)18-26-24-13-6-4-11-22(24)23-12-5-7-14-25(23)26)31(41)37-28(16-9-17-35-32(34)42)30(40)36-27-15-8-3-10-21(27)19-39/h3-8,10-15,20,26,28-29,39H,9,16-19H2,1-2H3,(H,36,40)(H,37,41)(H,43,44)(H3,34,35,42). The highest BCUT2D eigenvalue weighted by molar-refractivity contribution is 5.98. The largest absolute Gasteiger partial charge is 0.465 e. The summed E-state index contributed by atoms with van der Waals surface area (Å²) in [5.74, 6) is -1.85. The monoisotopic (exact) mass is 601 g/mol. The van der Waals surface area contributed by atoms with Crippen LogP contribution in [-0.2, 0) is 16.2 Å². The van der Waals surface area contributed by atoms with Crippen LogP contribution in [-0.4, -0.2) is 64.2 Å². The van der Waals surface area contributed by atoms with Crippen LogP contribution in [0, 0.1) is 5.92 Å². The van der Waals surface area contributed by atoms with Crippen molar-refractivity contribution in [3.8, 4) is 11.1 Å².